The quantitative estimate of drug-likeness (QED) is 0.421. The van der Waals surface area contributed by atoms with Gasteiger partial charge in [-0.05, 0) is 16.7 Å². The summed E-state index contributed by atoms with van der Waals surface area (Å²) in [6, 6.07) is 0. The second-order valence-corrected chi connectivity index (χ2v) is 5.39. The topological polar surface area (TPSA) is 50.4 Å². The highest BCUT2D eigenvalue weighted by atomic mass is 15.1. The van der Waals surface area contributed by atoms with E-state index in [0.717, 1.165) is 6.54 Å². The van der Waals surface area contributed by atoms with Gasteiger partial charge < -0.3 is 11.1 Å². The standard InChI is InChI=1S/C12H23N3/c1-6-7-14-10(13)15-8-9-11(2,3)12(9,4)5/h6,9H,1,7-8H2,2-5H3,(H3,13,14,15). The minimum atomic E-state index is 0.384. The number of nitrogens with zero attached hydrogens (tertiary/aromatic N) is 1. The first-order valence-electron chi connectivity index (χ1n) is 5.48. The van der Waals surface area contributed by atoms with Crippen LogP contribution >= 0.6 is 0 Å². The Morgan fingerprint density at radius 2 is 1.93 bits per heavy atom. The van der Waals surface area contributed by atoms with E-state index < -0.39 is 0 Å². The van der Waals surface area contributed by atoms with Crippen molar-refractivity contribution in [3.8, 4) is 0 Å². The molecule has 3 N–H and O–H groups in total. The fraction of sp³-hybridized carbons (Fsp3) is 0.750. The Balaban J connectivity index is 2.42. The van der Waals surface area contributed by atoms with Gasteiger partial charge in [-0.25, -0.2) is 0 Å². The molecule has 0 heterocycles. The first-order chi connectivity index (χ1) is 6.84. The van der Waals surface area contributed by atoms with Gasteiger partial charge in [0.05, 0.1) is 0 Å². The predicted octanol–water partition coefficient (Wildman–Crippen LogP) is 1.76. The molecule has 1 fully saturated rings. The van der Waals surface area contributed by atoms with Gasteiger partial charge in [0.1, 0.15) is 0 Å². The molecule has 0 aromatic rings. The second kappa shape index (κ2) is 3.87. The zero-order chi connectivity index (χ0) is 11.7. The SMILES string of the molecule is C=CCNC(N)=NCC1C(C)(C)C1(C)C. The van der Waals surface area contributed by atoms with Crippen molar-refractivity contribution in [1.29, 1.82) is 0 Å². The molecule has 0 aromatic carbocycles. The molecule has 0 bridgehead atoms. The largest absolute Gasteiger partial charge is 0.370 e. The lowest BCUT2D eigenvalue weighted by Gasteiger charge is -2.04. The van der Waals surface area contributed by atoms with Crippen LogP contribution in [0, 0.1) is 16.7 Å². The van der Waals surface area contributed by atoms with Crippen molar-refractivity contribution in [2.24, 2.45) is 27.5 Å². The Morgan fingerprint density at radius 1 is 1.40 bits per heavy atom. The summed E-state index contributed by atoms with van der Waals surface area (Å²) < 4.78 is 0. The highest BCUT2D eigenvalue weighted by Gasteiger charge is 2.64. The van der Waals surface area contributed by atoms with E-state index in [0.29, 0.717) is 29.3 Å². The van der Waals surface area contributed by atoms with Gasteiger partial charge in [0.2, 0.25) is 0 Å². The highest BCUT2D eigenvalue weighted by Crippen LogP contribution is 2.68. The second-order valence-electron chi connectivity index (χ2n) is 5.39. The van der Waals surface area contributed by atoms with Crippen molar-refractivity contribution in [3.05, 3.63) is 12.7 Å². The van der Waals surface area contributed by atoms with E-state index in [1.54, 1.807) is 6.08 Å². The Morgan fingerprint density at radius 3 is 2.33 bits per heavy atom. The van der Waals surface area contributed by atoms with Crippen molar-refractivity contribution in [3.63, 3.8) is 0 Å². The Hall–Kier alpha value is -0.990. The molecule has 86 valence electrons. The number of rotatable bonds is 4. The Kier molecular flexibility index (Phi) is 3.12. The lowest BCUT2D eigenvalue weighted by atomic mass is 10.0. The summed E-state index contributed by atoms with van der Waals surface area (Å²) >= 11 is 0. The maximum atomic E-state index is 5.70. The third kappa shape index (κ3) is 2.16. The normalized spacial score (nSPS) is 23.6. The predicted molar refractivity (Wildman–Crippen MR) is 65.7 cm³/mol. The number of nitrogens with two attached hydrogens (primary N) is 1. The van der Waals surface area contributed by atoms with Crippen LogP contribution < -0.4 is 11.1 Å². The van der Waals surface area contributed by atoms with Crippen molar-refractivity contribution in [1.82, 2.24) is 5.32 Å². The van der Waals surface area contributed by atoms with Gasteiger partial charge in [-0.3, -0.25) is 4.99 Å². The molecular weight excluding hydrogens is 186 g/mol. The molecule has 0 spiro atoms. The first-order valence-corrected chi connectivity index (χ1v) is 5.48. The van der Waals surface area contributed by atoms with Crippen molar-refractivity contribution < 1.29 is 0 Å². The third-order valence-corrected chi connectivity index (χ3v) is 4.19. The molecule has 0 amide bonds. The van der Waals surface area contributed by atoms with Gasteiger partial charge in [0.25, 0.3) is 0 Å². The number of hydrogen-bond donors (Lipinski definition) is 2. The van der Waals surface area contributed by atoms with Crippen molar-refractivity contribution >= 4 is 5.96 Å². The molecule has 0 radical (unpaired) electrons. The molecule has 0 aromatic heterocycles. The fourth-order valence-electron chi connectivity index (χ4n) is 2.21. The van der Waals surface area contributed by atoms with E-state index in [4.69, 9.17) is 5.73 Å². The van der Waals surface area contributed by atoms with E-state index in [1.165, 1.54) is 0 Å². The van der Waals surface area contributed by atoms with Gasteiger partial charge in [0.15, 0.2) is 5.96 Å². The maximum Gasteiger partial charge on any atom is 0.188 e. The molecule has 0 aliphatic heterocycles. The van der Waals surface area contributed by atoms with Crippen LogP contribution in [0.2, 0.25) is 0 Å². The van der Waals surface area contributed by atoms with Crippen LogP contribution in [0.15, 0.2) is 17.6 Å². The first kappa shape index (κ1) is 12.1. The zero-order valence-corrected chi connectivity index (χ0v) is 10.3. The summed E-state index contributed by atoms with van der Waals surface area (Å²) in [6.45, 7) is 14.3. The van der Waals surface area contributed by atoms with Crippen LogP contribution in [0.4, 0.5) is 0 Å². The minimum absolute atomic E-state index is 0.384. The van der Waals surface area contributed by atoms with Crippen LogP contribution in [0.25, 0.3) is 0 Å². The molecule has 0 saturated heterocycles. The van der Waals surface area contributed by atoms with Crippen LogP contribution in [0.3, 0.4) is 0 Å². The summed E-state index contributed by atoms with van der Waals surface area (Å²) in [5.74, 6) is 1.16. The average Bonchev–Trinajstić information content (AvgIpc) is 2.51. The van der Waals surface area contributed by atoms with Crippen LogP contribution in [0.1, 0.15) is 27.7 Å². The van der Waals surface area contributed by atoms with Crippen molar-refractivity contribution in [2.45, 2.75) is 27.7 Å². The molecule has 15 heavy (non-hydrogen) atoms. The van der Waals surface area contributed by atoms with E-state index in [9.17, 15) is 0 Å². The van der Waals surface area contributed by atoms with E-state index >= 15 is 0 Å². The molecule has 1 rings (SSSR count). The molecule has 1 aliphatic rings. The Bertz CT molecular complexity index is 263. The van der Waals surface area contributed by atoms with Gasteiger partial charge in [-0.15, -0.1) is 6.58 Å². The fourth-order valence-corrected chi connectivity index (χ4v) is 2.21. The van der Waals surface area contributed by atoms with E-state index in [2.05, 4.69) is 44.6 Å². The maximum absolute atomic E-state index is 5.70. The monoisotopic (exact) mass is 209 g/mol. The van der Waals surface area contributed by atoms with Crippen LogP contribution in [0.5, 0.6) is 0 Å². The van der Waals surface area contributed by atoms with Gasteiger partial charge >= 0.3 is 0 Å². The van der Waals surface area contributed by atoms with Crippen molar-refractivity contribution in [2.75, 3.05) is 13.1 Å². The van der Waals surface area contributed by atoms with Gasteiger partial charge in [-0.2, -0.15) is 0 Å². The van der Waals surface area contributed by atoms with Gasteiger partial charge in [0, 0.05) is 13.1 Å². The zero-order valence-electron chi connectivity index (χ0n) is 10.3. The molecule has 0 unspecified atom stereocenters. The molecular formula is C12H23N3. The molecule has 1 aliphatic carbocycles. The smallest absolute Gasteiger partial charge is 0.188 e. The molecule has 0 atom stereocenters. The van der Waals surface area contributed by atoms with Crippen LogP contribution in [-0.4, -0.2) is 19.0 Å². The summed E-state index contributed by atoms with van der Waals surface area (Å²) in [5, 5.41) is 2.98. The van der Waals surface area contributed by atoms with Crippen LogP contribution in [-0.2, 0) is 0 Å². The van der Waals surface area contributed by atoms with Gasteiger partial charge in [-0.1, -0.05) is 33.8 Å². The number of guanidine groups is 1. The Labute approximate surface area is 92.8 Å². The summed E-state index contributed by atoms with van der Waals surface area (Å²) in [7, 11) is 0. The third-order valence-electron chi connectivity index (χ3n) is 4.19. The molecule has 3 nitrogen and oxygen atoms in total. The minimum Gasteiger partial charge on any atom is -0.370 e. The van der Waals surface area contributed by atoms with E-state index in [1.807, 2.05) is 0 Å². The average molecular weight is 209 g/mol. The lowest BCUT2D eigenvalue weighted by Crippen LogP contribution is -2.32. The summed E-state index contributed by atoms with van der Waals surface area (Å²) in [5.41, 5.74) is 6.47. The highest BCUT2D eigenvalue weighted by molar-refractivity contribution is 5.77. The number of aliphatic imine (C=N–C) groups is 1. The molecule has 3 heteroatoms. The summed E-state index contributed by atoms with van der Waals surface area (Å²) in [4.78, 5) is 4.35. The van der Waals surface area contributed by atoms with E-state index in [-0.39, 0.29) is 0 Å². The number of nitrogens with one attached hydrogen (secondary N) is 1. The molecule has 1 saturated carbocycles. The lowest BCUT2D eigenvalue weighted by molar-refractivity contribution is 0.457. The summed E-state index contributed by atoms with van der Waals surface area (Å²) in [6.07, 6.45) is 1.77. The number of hydrogen-bond acceptors (Lipinski definition) is 1.